The number of carboxylic acids is 1. The summed E-state index contributed by atoms with van der Waals surface area (Å²) in [4.78, 5) is 11.1. The molecule has 1 heterocycles. The number of nitrogens with zero attached hydrogens (tertiary/aromatic N) is 1. The summed E-state index contributed by atoms with van der Waals surface area (Å²) in [5, 5.41) is 9.08. The molecule has 0 spiro atoms. The van der Waals surface area contributed by atoms with Gasteiger partial charge in [0.1, 0.15) is 0 Å². The van der Waals surface area contributed by atoms with Crippen LogP contribution >= 0.6 is 0 Å². The zero-order chi connectivity index (χ0) is 14.1. The Morgan fingerprint density at radius 3 is 2.44 bits per heavy atom. The second-order valence-electron chi connectivity index (χ2n) is 5.03. The third-order valence-electron chi connectivity index (χ3n) is 3.54. The Kier molecular flexibility index (Phi) is 4.32. The number of hydrogen-bond acceptors (Lipinski definition) is 3. The molecule has 5 nitrogen and oxygen atoms in total. The maximum Gasteiger partial charge on any atom is 0.350 e. The fraction of sp³-hybridized carbons (Fsp3) is 0.900. The summed E-state index contributed by atoms with van der Waals surface area (Å²) in [7, 11) is -4.61. The minimum absolute atomic E-state index is 0.0267. The van der Waals surface area contributed by atoms with Gasteiger partial charge in [0.05, 0.1) is 5.41 Å². The predicted octanol–water partition coefficient (Wildman–Crippen LogP) is 1.36. The average Bonchev–Trinajstić information content (AvgIpc) is 2.28. The molecule has 8 heteroatoms. The summed E-state index contributed by atoms with van der Waals surface area (Å²) in [6, 6.07) is 0. The van der Waals surface area contributed by atoms with Crippen molar-refractivity contribution in [3.63, 3.8) is 0 Å². The van der Waals surface area contributed by atoms with Gasteiger partial charge in [-0.3, -0.25) is 4.79 Å². The van der Waals surface area contributed by atoms with E-state index < -0.39 is 33.1 Å². The van der Waals surface area contributed by atoms with Crippen molar-refractivity contribution < 1.29 is 27.1 Å². The fourth-order valence-electron chi connectivity index (χ4n) is 2.05. The highest BCUT2D eigenvalue weighted by molar-refractivity contribution is 7.89. The maximum atomic E-state index is 12.4. The summed E-state index contributed by atoms with van der Waals surface area (Å²) >= 11 is 0. The second-order valence-corrected chi connectivity index (χ2v) is 6.93. The Labute approximate surface area is 105 Å². The molecular weight excluding hydrogens is 268 g/mol. The first-order valence-corrected chi connectivity index (χ1v) is 7.11. The molecule has 0 aromatic carbocycles. The van der Waals surface area contributed by atoms with E-state index in [1.165, 1.54) is 13.8 Å². The van der Waals surface area contributed by atoms with Crippen LogP contribution in [0, 0.1) is 11.3 Å². The topological polar surface area (TPSA) is 74.7 Å². The molecule has 106 valence electrons. The van der Waals surface area contributed by atoms with Gasteiger partial charge in [-0.1, -0.05) is 0 Å². The minimum Gasteiger partial charge on any atom is -0.481 e. The number of carboxylic acid groups (broad SMARTS) is 1. The molecule has 1 saturated heterocycles. The molecule has 0 amide bonds. The number of halogens is 2. The Hall–Kier alpha value is -0.760. The molecule has 0 aliphatic carbocycles. The first-order valence-electron chi connectivity index (χ1n) is 5.60. The number of sulfonamides is 1. The molecule has 1 unspecified atom stereocenters. The van der Waals surface area contributed by atoms with Gasteiger partial charge in [0.15, 0.2) is 0 Å². The highest BCUT2D eigenvalue weighted by Crippen LogP contribution is 2.35. The van der Waals surface area contributed by atoms with Crippen LogP contribution in [-0.2, 0) is 14.8 Å². The van der Waals surface area contributed by atoms with Crippen molar-refractivity contribution in [1.29, 1.82) is 0 Å². The average molecular weight is 285 g/mol. The van der Waals surface area contributed by atoms with Gasteiger partial charge in [0.25, 0.3) is 10.0 Å². The Balaban J connectivity index is 2.89. The summed E-state index contributed by atoms with van der Waals surface area (Å²) in [5.41, 5.74) is -1.13. The molecule has 0 aromatic heterocycles. The van der Waals surface area contributed by atoms with Gasteiger partial charge in [0.2, 0.25) is 0 Å². The van der Waals surface area contributed by atoms with Crippen LogP contribution in [0.1, 0.15) is 26.7 Å². The second kappa shape index (κ2) is 5.08. The zero-order valence-electron chi connectivity index (χ0n) is 10.3. The van der Waals surface area contributed by atoms with E-state index in [0.717, 1.165) is 0 Å². The molecule has 0 radical (unpaired) electrons. The van der Waals surface area contributed by atoms with Crippen LogP contribution in [0.15, 0.2) is 0 Å². The van der Waals surface area contributed by atoms with Crippen molar-refractivity contribution in [2.75, 3.05) is 13.1 Å². The van der Waals surface area contributed by atoms with E-state index in [2.05, 4.69) is 0 Å². The first-order chi connectivity index (χ1) is 8.10. The molecular formula is C10H17F2NO4S. The van der Waals surface area contributed by atoms with Crippen LogP contribution < -0.4 is 0 Å². The third-order valence-corrected chi connectivity index (χ3v) is 5.04. The summed E-state index contributed by atoms with van der Waals surface area (Å²) in [6.45, 7) is 2.84. The van der Waals surface area contributed by atoms with Gasteiger partial charge < -0.3 is 5.11 Å². The van der Waals surface area contributed by atoms with Crippen molar-refractivity contribution in [1.82, 2.24) is 4.31 Å². The lowest BCUT2D eigenvalue weighted by atomic mass is 9.75. The molecule has 1 fully saturated rings. The van der Waals surface area contributed by atoms with Crippen LogP contribution in [0.25, 0.3) is 0 Å². The molecule has 18 heavy (non-hydrogen) atoms. The van der Waals surface area contributed by atoms with E-state index in [1.807, 2.05) is 0 Å². The van der Waals surface area contributed by atoms with E-state index in [-0.39, 0.29) is 13.1 Å². The van der Waals surface area contributed by atoms with Crippen LogP contribution in [0.4, 0.5) is 8.78 Å². The number of alkyl halides is 2. The fourth-order valence-corrected chi connectivity index (χ4v) is 3.05. The van der Waals surface area contributed by atoms with Crippen molar-refractivity contribution in [3.05, 3.63) is 0 Å². The SMILES string of the molecule is CC(C)(C(=O)O)C1CCCN(S(=O)(=O)C(F)F)C1. The van der Waals surface area contributed by atoms with Gasteiger partial charge in [-0.15, -0.1) is 0 Å². The number of aliphatic carboxylic acids is 1. The van der Waals surface area contributed by atoms with Crippen LogP contribution in [0.3, 0.4) is 0 Å². The quantitative estimate of drug-likeness (QED) is 0.846. The van der Waals surface area contributed by atoms with Gasteiger partial charge in [-0.25, -0.2) is 8.42 Å². The predicted molar refractivity (Wildman–Crippen MR) is 60.6 cm³/mol. The zero-order valence-corrected chi connectivity index (χ0v) is 11.1. The van der Waals surface area contributed by atoms with Crippen molar-refractivity contribution in [3.8, 4) is 0 Å². The smallest absolute Gasteiger partial charge is 0.350 e. The van der Waals surface area contributed by atoms with E-state index in [9.17, 15) is 22.0 Å². The molecule has 1 aliphatic rings. The lowest BCUT2D eigenvalue weighted by molar-refractivity contribution is -0.151. The Morgan fingerprint density at radius 1 is 1.44 bits per heavy atom. The van der Waals surface area contributed by atoms with Crippen LogP contribution in [-0.4, -0.2) is 42.6 Å². The van der Waals surface area contributed by atoms with Gasteiger partial charge >= 0.3 is 11.7 Å². The summed E-state index contributed by atoms with van der Waals surface area (Å²) in [6.07, 6.45) is 0.919. The third kappa shape index (κ3) is 2.80. The highest BCUT2D eigenvalue weighted by atomic mass is 32.2. The molecule has 1 aliphatic heterocycles. The largest absolute Gasteiger partial charge is 0.481 e. The summed E-state index contributed by atoms with van der Waals surface area (Å²) < 4.78 is 48.3. The molecule has 0 saturated carbocycles. The highest BCUT2D eigenvalue weighted by Gasteiger charge is 2.43. The Bertz CT molecular complexity index is 422. The monoisotopic (exact) mass is 285 g/mol. The van der Waals surface area contributed by atoms with Gasteiger partial charge in [-0.2, -0.15) is 13.1 Å². The van der Waals surface area contributed by atoms with E-state index >= 15 is 0 Å². The van der Waals surface area contributed by atoms with Crippen molar-refractivity contribution >= 4 is 16.0 Å². The molecule has 1 rings (SSSR count). The molecule has 1 atom stereocenters. The maximum absolute atomic E-state index is 12.4. The van der Waals surface area contributed by atoms with Crippen LogP contribution in [0.2, 0.25) is 0 Å². The van der Waals surface area contributed by atoms with E-state index in [1.54, 1.807) is 0 Å². The number of carbonyl (C=O) groups is 1. The van der Waals surface area contributed by atoms with Crippen LogP contribution in [0.5, 0.6) is 0 Å². The molecule has 0 aromatic rings. The normalized spacial score (nSPS) is 23.3. The summed E-state index contributed by atoms with van der Waals surface area (Å²) in [5.74, 6) is -4.97. The number of hydrogen-bond donors (Lipinski definition) is 1. The van der Waals surface area contributed by atoms with Crippen molar-refractivity contribution in [2.45, 2.75) is 32.4 Å². The number of piperidine rings is 1. The van der Waals surface area contributed by atoms with E-state index in [4.69, 9.17) is 5.11 Å². The van der Waals surface area contributed by atoms with E-state index in [0.29, 0.717) is 17.1 Å². The van der Waals surface area contributed by atoms with Crippen molar-refractivity contribution in [2.24, 2.45) is 11.3 Å². The first kappa shape index (κ1) is 15.3. The number of rotatable bonds is 4. The Morgan fingerprint density at radius 2 is 2.00 bits per heavy atom. The molecule has 1 N–H and O–H groups in total. The van der Waals surface area contributed by atoms with Gasteiger partial charge in [-0.05, 0) is 32.6 Å². The lowest BCUT2D eigenvalue weighted by Crippen LogP contribution is -2.48. The minimum atomic E-state index is -4.61. The van der Waals surface area contributed by atoms with Gasteiger partial charge in [0, 0.05) is 13.1 Å². The lowest BCUT2D eigenvalue weighted by Gasteiger charge is -2.38. The standard InChI is InChI=1S/C10H17F2NO4S/c1-10(2,8(14)15)7-4-3-5-13(6-7)18(16,17)9(11)12/h7,9H,3-6H2,1-2H3,(H,14,15). The molecule has 0 bridgehead atoms.